The summed E-state index contributed by atoms with van der Waals surface area (Å²) in [6.07, 6.45) is -1.17. The maximum absolute atomic E-state index is 13.2. The number of halogens is 3. The minimum Gasteiger partial charge on any atom is -0.466 e. The van der Waals surface area contributed by atoms with Crippen LogP contribution in [0.1, 0.15) is 25.3 Å². The summed E-state index contributed by atoms with van der Waals surface area (Å²) in [5.41, 5.74) is -0.560. The van der Waals surface area contributed by atoms with Gasteiger partial charge in [-0.15, -0.1) is 5.10 Å². The minimum atomic E-state index is -4.45. The van der Waals surface area contributed by atoms with Crippen molar-refractivity contribution in [3.8, 4) is 11.3 Å². The number of alkyl halides is 3. The van der Waals surface area contributed by atoms with Gasteiger partial charge in [-0.1, -0.05) is 23.4 Å². The molecule has 1 aromatic heterocycles. The summed E-state index contributed by atoms with van der Waals surface area (Å²) in [6.45, 7) is 5.73. The van der Waals surface area contributed by atoms with E-state index in [1.165, 1.54) is 23.0 Å². The predicted molar refractivity (Wildman–Crippen MR) is 107 cm³/mol. The Balaban J connectivity index is 1.43. The third-order valence-corrected chi connectivity index (χ3v) is 5.19. The van der Waals surface area contributed by atoms with Crippen molar-refractivity contribution in [1.82, 2.24) is 19.9 Å². The molecule has 0 N–H and O–H groups in total. The van der Waals surface area contributed by atoms with Crippen molar-refractivity contribution in [2.75, 3.05) is 39.5 Å². The molecule has 31 heavy (non-hydrogen) atoms. The lowest BCUT2D eigenvalue weighted by molar-refractivity contribution is -0.150. The fourth-order valence-corrected chi connectivity index (χ4v) is 3.65. The van der Waals surface area contributed by atoms with Gasteiger partial charge < -0.3 is 14.4 Å². The van der Waals surface area contributed by atoms with Crippen molar-refractivity contribution in [1.29, 1.82) is 0 Å². The zero-order valence-electron chi connectivity index (χ0n) is 17.5. The van der Waals surface area contributed by atoms with Gasteiger partial charge in [-0.3, -0.25) is 4.79 Å². The van der Waals surface area contributed by atoms with E-state index in [0.29, 0.717) is 39.5 Å². The molecule has 0 aliphatic carbocycles. The number of hydrogen-bond acceptors (Lipinski definition) is 6. The van der Waals surface area contributed by atoms with Crippen LogP contribution >= 0.6 is 0 Å². The third-order valence-electron chi connectivity index (χ3n) is 5.19. The molecular weight excluding hydrogens is 413 g/mol. The van der Waals surface area contributed by atoms with Gasteiger partial charge in [0.1, 0.15) is 5.69 Å². The molecule has 1 aliphatic rings. The highest BCUT2D eigenvalue weighted by Crippen LogP contribution is 2.36. The maximum atomic E-state index is 13.2. The summed E-state index contributed by atoms with van der Waals surface area (Å²) < 4.78 is 51.8. The largest absolute Gasteiger partial charge is 0.466 e. The standard InChI is InChI=1S/C21H27F3N4O3/c1-2-31-20(29)16-6-5-9-27(14-16)10-12-30-13-11-28-15-19(25-26-28)17-7-3-4-8-18(17)21(22,23)24/h3-4,7-8,15-16H,2,5-6,9-14H2,1H3. The van der Waals surface area contributed by atoms with E-state index >= 15 is 0 Å². The first-order valence-electron chi connectivity index (χ1n) is 10.4. The summed E-state index contributed by atoms with van der Waals surface area (Å²) in [4.78, 5) is 14.1. The van der Waals surface area contributed by atoms with E-state index in [1.54, 1.807) is 13.0 Å². The van der Waals surface area contributed by atoms with E-state index in [1.807, 2.05) is 0 Å². The van der Waals surface area contributed by atoms with E-state index in [-0.39, 0.29) is 23.1 Å². The van der Waals surface area contributed by atoms with Crippen LogP contribution in [0.5, 0.6) is 0 Å². The van der Waals surface area contributed by atoms with E-state index in [4.69, 9.17) is 9.47 Å². The second-order valence-corrected chi connectivity index (χ2v) is 7.41. The van der Waals surface area contributed by atoms with Crippen molar-refractivity contribution in [2.24, 2.45) is 5.92 Å². The highest BCUT2D eigenvalue weighted by atomic mass is 19.4. The zero-order chi connectivity index (χ0) is 22.3. The van der Waals surface area contributed by atoms with Crippen LogP contribution in [0.3, 0.4) is 0 Å². The molecule has 0 saturated carbocycles. The van der Waals surface area contributed by atoms with E-state index in [2.05, 4.69) is 15.2 Å². The number of carbonyl (C=O) groups excluding carboxylic acids is 1. The van der Waals surface area contributed by atoms with Crippen LogP contribution < -0.4 is 0 Å². The van der Waals surface area contributed by atoms with Gasteiger partial charge in [0.05, 0.1) is 44.0 Å². The zero-order valence-corrected chi connectivity index (χ0v) is 17.5. The number of benzene rings is 1. The first-order valence-corrected chi connectivity index (χ1v) is 10.4. The Morgan fingerprint density at radius 3 is 2.77 bits per heavy atom. The lowest BCUT2D eigenvalue weighted by atomic mass is 9.98. The van der Waals surface area contributed by atoms with Crippen LogP contribution in [-0.2, 0) is 27.0 Å². The minimum absolute atomic E-state index is 0.00317. The van der Waals surface area contributed by atoms with Crippen LogP contribution in [0.25, 0.3) is 11.3 Å². The molecule has 10 heteroatoms. The van der Waals surface area contributed by atoms with Gasteiger partial charge in [0.15, 0.2) is 0 Å². The molecule has 170 valence electrons. The van der Waals surface area contributed by atoms with Gasteiger partial charge in [-0.25, -0.2) is 4.68 Å². The second-order valence-electron chi connectivity index (χ2n) is 7.41. The van der Waals surface area contributed by atoms with Gasteiger partial charge in [-0.05, 0) is 32.4 Å². The lowest BCUT2D eigenvalue weighted by Crippen LogP contribution is -2.41. The highest BCUT2D eigenvalue weighted by molar-refractivity contribution is 5.72. The first-order chi connectivity index (χ1) is 14.9. The van der Waals surface area contributed by atoms with Crippen LogP contribution in [0.4, 0.5) is 13.2 Å². The van der Waals surface area contributed by atoms with E-state index < -0.39 is 11.7 Å². The molecule has 1 aliphatic heterocycles. The van der Waals surface area contributed by atoms with Crippen LogP contribution in [0, 0.1) is 5.92 Å². The number of likely N-dealkylation sites (tertiary alicyclic amines) is 1. The number of carbonyl (C=O) groups is 1. The predicted octanol–water partition coefficient (Wildman–Crippen LogP) is 3.26. The van der Waals surface area contributed by atoms with Crippen molar-refractivity contribution >= 4 is 5.97 Å². The molecule has 1 aromatic carbocycles. The molecule has 0 bridgehead atoms. The molecule has 1 saturated heterocycles. The molecule has 2 aromatic rings. The van der Waals surface area contributed by atoms with Gasteiger partial charge >= 0.3 is 12.1 Å². The SMILES string of the molecule is CCOC(=O)C1CCCN(CCOCCn2cc(-c3ccccc3C(F)(F)F)nn2)C1. The molecule has 1 fully saturated rings. The second kappa shape index (κ2) is 10.7. The van der Waals surface area contributed by atoms with Gasteiger partial charge in [-0.2, -0.15) is 13.2 Å². The topological polar surface area (TPSA) is 69.5 Å². The van der Waals surface area contributed by atoms with E-state index in [0.717, 1.165) is 25.5 Å². The number of piperidine rings is 1. The Hall–Kier alpha value is -2.46. The third kappa shape index (κ3) is 6.51. The average Bonchev–Trinajstić information content (AvgIpc) is 3.22. The maximum Gasteiger partial charge on any atom is 0.417 e. The van der Waals surface area contributed by atoms with Crippen LogP contribution in [-0.4, -0.2) is 65.3 Å². The van der Waals surface area contributed by atoms with Crippen molar-refractivity contribution in [3.05, 3.63) is 36.0 Å². The summed E-state index contributed by atoms with van der Waals surface area (Å²) in [7, 11) is 0. The average molecular weight is 440 g/mol. The Bertz CT molecular complexity index is 856. The number of nitrogens with zero attached hydrogens (tertiary/aromatic N) is 4. The number of aromatic nitrogens is 3. The molecule has 1 unspecified atom stereocenters. The molecule has 2 heterocycles. The molecule has 0 radical (unpaired) electrons. The Morgan fingerprint density at radius 1 is 1.23 bits per heavy atom. The normalized spacial score (nSPS) is 17.6. The number of hydrogen-bond donors (Lipinski definition) is 0. The number of ether oxygens (including phenoxy) is 2. The smallest absolute Gasteiger partial charge is 0.417 e. The highest BCUT2D eigenvalue weighted by Gasteiger charge is 2.34. The molecule has 0 spiro atoms. The molecular formula is C21H27F3N4O3. The monoisotopic (exact) mass is 440 g/mol. The van der Waals surface area contributed by atoms with Crippen LogP contribution in [0.2, 0.25) is 0 Å². The van der Waals surface area contributed by atoms with Gasteiger partial charge in [0.2, 0.25) is 0 Å². The summed E-state index contributed by atoms with van der Waals surface area (Å²) in [5, 5.41) is 7.79. The summed E-state index contributed by atoms with van der Waals surface area (Å²) >= 11 is 0. The molecule has 1 atom stereocenters. The quantitative estimate of drug-likeness (QED) is 0.441. The Kier molecular flexibility index (Phi) is 8.03. The van der Waals surface area contributed by atoms with Crippen molar-refractivity contribution in [2.45, 2.75) is 32.5 Å². The molecule has 7 nitrogen and oxygen atoms in total. The number of esters is 1. The Labute approximate surface area is 179 Å². The Morgan fingerprint density at radius 2 is 2.00 bits per heavy atom. The van der Waals surface area contributed by atoms with Crippen molar-refractivity contribution < 1.29 is 27.4 Å². The fraction of sp³-hybridized carbons (Fsp3) is 0.571. The molecule has 0 amide bonds. The summed E-state index contributed by atoms with van der Waals surface area (Å²) in [6, 6.07) is 5.31. The van der Waals surface area contributed by atoms with Crippen LogP contribution in [0.15, 0.2) is 30.5 Å². The van der Waals surface area contributed by atoms with E-state index in [9.17, 15) is 18.0 Å². The van der Waals surface area contributed by atoms with Crippen molar-refractivity contribution in [3.63, 3.8) is 0 Å². The first kappa shape index (κ1) is 23.2. The lowest BCUT2D eigenvalue weighted by Gasteiger charge is -2.31. The van der Waals surface area contributed by atoms with Gasteiger partial charge in [0.25, 0.3) is 0 Å². The summed E-state index contributed by atoms with van der Waals surface area (Å²) in [5.74, 6) is -0.218. The van der Waals surface area contributed by atoms with Gasteiger partial charge in [0, 0.05) is 18.7 Å². The fourth-order valence-electron chi connectivity index (χ4n) is 3.65. The number of rotatable bonds is 9. The molecule has 3 rings (SSSR count).